The molecule has 0 radical (unpaired) electrons. The molecule has 94 valence electrons. The van der Waals surface area contributed by atoms with Crippen molar-refractivity contribution in [2.24, 2.45) is 0 Å². The molecule has 0 aliphatic heterocycles. The predicted octanol–water partition coefficient (Wildman–Crippen LogP) is 4.53. The second kappa shape index (κ2) is 6.04. The molecule has 1 atom stereocenters. The zero-order chi connectivity index (χ0) is 13.1. The monoisotopic (exact) mass is 372 g/mol. The van der Waals surface area contributed by atoms with Crippen LogP contribution < -0.4 is 0 Å². The van der Waals surface area contributed by atoms with Gasteiger partial charge in [0.2, 0.25) is 0 Å². The van der Waals surface area contributed by atoms with E-state index in [4.69, 9.17) is 11.6 Å². The molecule has 0 amide bonds. The first-order valence-electron chi connectivity index (χ1n) is 5.74. The molecule has 1 nitrogen and oxygen atoms in total. The van der Waals surface area contributed by atoms with E-state index in [0.29, 0.717) is 11.4 Å². The van der Waals surface area contributed by atoms with E-state index >= 15 is 0 Å². The molecule has 0 bridgehead atoms. The van der Waals surface area contributed by atoms with Crippen LogP contribution in [0.2, 0.25) is 5.02 Å². The van der Waals surface area contributed by atoms with Crippen molar-refractivity contribution in [3.8, 4) is 0 Å². The summed E-state index contributed by atoms with van der Waals surface area (Å²) in [6.45, 7) is 1.98. The number of rotatable bonds is 3. The van der Waals surface area contributed by atoms with Crippen molar-refractivity contribution in [3.05, 3.63) is 67.7 Å². The van der Waals surface area contributed by atoms with Crippen molar-refractivity contribution in [1.29, 1.82) is 0 Å². The molecular weight excluding hydrogens is 359 g/mol. The van der Waals surface area contributed by atoms with Gasteiger partial charge in [-0.05, 0) is 70.5 Å². The Morgan fingerprint density at radius 3 is 2.44 bits per heavy atom. The fourth-order valence-electron chi connectivity index (χ4n) is 1.92. The normalized spacial score (nSPS) is 12.4. The fourth-order valence-corrected chi connectivity index (χ4v) is 2.58. The van der Waals surface area contributed by atoms with Gasteiger partial charge in [-0.15, -0.1) is 0 Å². The van der Waals surface area contributed by atoms with Crippen LogP contribution in [0.15, 0.2) is 42.5 Å². The molecule has 2 rings (SSSR count). The summed E-state index contributed by atoms with van der Waals surface area (Å²) in [6, 6.07) is 13.9. The van der Waals surface area contributed by atoms with Crippen LogP contribution in [0.4, 0.5) is 0 Å². The topological polar surface area (TPSA) is 20.2 Å². The molecule has 0 heterocycles. The highest BCUT2D eigenvalue weighted by Gasteiger charge is 2.09. The van der Waals surface area contributed by atoms with Crippen LogP contribution in [0.1, 0.15) is 22.8 Å². The van der Waals surface area contributed by atoms with E-state index in [0.717, 1.165) is 16.7 Å². The third-order valence-corrected chi connectivity index (χ3v) is 3.73. The Morgan fingerprint density at radius 2 is 1.83 bits per heavy atom. The van der Waals surface area contributed by atoms with Gasteiger partial charge >= 0.3 is 0 Å². The second-order valence-corrected chi connectivity index (χ2v) is 6.09. The first-order valence-corrected chi connectivity index (χ1v) is 7.20. The number of hydrogen-bond donors (Lipinski definition) is 1. The minimum absolute atomic E-state index is 0.512. The Kier molecular flexibility index (Phi) is 4.65. The lowest BCUT2D eigenvalue weighted by Gasteiger charge is -2.12. The molecule has 0 aliphatic carbocycles. The lowest BCUT2D eigenvalue weighted by atomic mass is 10.0. The van der Waals surface area contributed by atoms with Crippen LogP contribution in [0.5, 0.6) is 0 Å². The molecule has 0 saturated heterocycles. The molecule has 0 spiro atoms. The Morgan fingerprint density at radius 1 is 1.17 bits per heavy atom. The first kappa shape index (κ1) is 13.8. The number of aliphatic hydroxyl groups excluding tert-OH is 1. The van der Waals surface area contributed by atoms with Gasteiger partial charge in [-0.1, -0.05) is 29.8 Å². The third-order valence-electron chi connectivity index (χ3n) is 2.79. The Labute approximate surface area is 126 Å². The van der Waals surface area contributed by atoms with Crippen molar-refractivity contribution < 1.29 is 5.11 Å². The minimum Gasteiger partial charge on any atom is -0.388 e. The van der Waals surface area contributed by atoms with E-state index in [-0.39, 0.29) is 0 Å². The number of halogens is 2. The maximum atomic E-state index is 10.2. The van der Waals surface area contributed by atoms with Gasteiger partial charge in [0, 0.05) is 15.0 Å². The van der Waals surface area contributed by atoms with Crippen LogP contribution >= 0.6 is 34.2 Å². The number of benzene rings is 2. The Balaban J connectivity index is 2.16. The van der Waals surface area contributed by atoms with Gasteiger partial charge in [-0.2, -0.15) is 0 Å². The molecule has 0 fully saturated rings. The molecule has 0 saturated carbocycles. The van der Waals surface area contributed by atoms with Gasteiger partial charge in [-0.25, -0.2) is 0 Å². The predicted molar refractivity (Wildman–Crippen MR) is 84.0 cm³/mol. The van der Waals surface area contributed by atoms with E-state index < -0.39 is 6.10 Å². The summed E-state index contributed by atoms with van der Waals surface area (Å²) in [7, 11) is 0. The van der Waals surface area contributed by atoms with Gasteiger partial charge in [0.05, 0.1) is 6.10 Å². The summed E-state index contributed by atoms with van der Waals surface area (Å²) >= 11 is 8.28. The summed E-state index contributed by atoms with van der Waals surface area (Å²) in [5.41, 5.74) is 3.07. The molecule has 3 heteroatoms. The highest BCUT2D eigenvalue weighted by Crippen LogP contribution is 2.23. The first-order chi connectivity index (χ1) is 8.54. The van der Waals surface area contributed by atoms with Gasteiger partial charge in [0.1, 0.15) is 0 Å². The highest BCUT2D eigenvalue weighted by atomic mass is 127. The van der Waals surface area contributed by atoms with Crippen LogP contribution in [0.3, 0.4) is 0 Å². The van der Waals surface area contributed by atoms with Crippen molar-refractivity contribution in [2.45, 2.75) is 19.4 Å². The SMILES string of the molecule is Cc1cc(Cl)cc(C(O)Cc2ccc(I)cc2)c1. The molecule has 0 aromatic heterocycles. The lowest BCUT2D eigenvalue weighted by Crippen LogP contribution is -2.02. The quantitative estimate of drug-likeness (QED) is 0.785. The Bertz CT molecular complexity index is 516. The van der Waals surface area contributed by atoms with Crippen LogP contribution in [-0.2, 0) is 6.42 Å². The molecule has 1 N–H and O–H groups in total. The summed E-state index contributed by atoms with van der Waals surface area (Å²) in [6.07, 6.45) is 0.0962. The minimum atomic E-state index is -0.512. The maximum absolute atomic E-state index is 10.2. The highest BCUT2D eigenvalue weighted by molar-refractivity contribution is 14.1. The summed E-state index contributed by atoms with van der Waals surface area (Å²) in [5.74, 6) is 0. The van der Waals surface area contributed by atoms with E-state index in [2.05, 4.69) is 22.6 Å². The molecule has 2 aromatic carbocycles. The zero-order valence-electron chi connectivity index (χ0n) is 10.0. The van der Waals surface area contributed by atoms with Gasteiger partial charge in [0.15, 0.2) is 0 Å². The van der Waals surface area contributed by atoms with E-state index in [1.165, 1.54) is 3.57 Å². The number of aryl methyl sites for hydroxylation is 1. The van der Waals surface area contributed by atoms with Crippen molar-refractivity contribution >= 4 is 34.2 Å². The number of hydrogen-bond acceptors (Lipinski definition) is 1. The molecule has 18 heavy (non-hydrogen) atoms. The molecular formula is C15H14ClIO. The van der Waals surface area contributed by atoms with Gasteiger partial charge in [0.25, 0.3) is 0 Å². The summed E-state index contributed by atoms with van der Waals surface area (Å²) < 4.78 is 1.20. The Hall–Kier alpha value is -0.580. The smallest absolute Gasteiger partial charge is 0.0830 e. The van der Waals surface area contributed by atoms with Crippen LogP contribution in [0, 0.1) is 10.5 Å². The van der Waals surface area contributed by atoms with Crippen molar-refractivity contribution in [3.63, 3.8) is 0 Å². The zero-order valence-corrected chi connectivity index (χ0v) is 12.9. The second-order valence-electron chi connectivity index (χ2n) is 4.41. The lowest BCUT2D eigenvalue weighted by molar-refractivity contribution is 0.178. The largest absolute Gasteiger partial charge is 0.388 e. The van der Waals surface area contributed by atoms with E-state index in [9.17, 15) is 5.11 Å². The average molecular weight is 373 g/mol. The average Bonchev–Trinajstić information content (AvgIpc) is 2.31. The third kappa shape index (κ3) is 3.70. The molecule has 1 unspecified atom stereocenters. The standard InChI is InChI=1S/C15H14ClIO/c1-10-6-12(9-13(16)7-10)15(18)8-11-2-4-14(17)5-3-11/h2-7,9,15,18H,8H2,1H3. The molecule has 2 aromatic rings. The van der Waals surface area contributed by atoms with E-state index in [1.807, 2.05) is 49.4 Å². The van der Waals surface area contributed by atoms with Gasteiger partial charge in [-0.3, -0.25) is 0 Å². The summed E-state index contributed by atoms with van der Waals surface area (Å²) in [5, 5.41) is 10.9. The molecule has 0 aliphatic rings. The van der Waals surface area contributed by atoms with Crippen LogP contribution in [-0.4, -0.2) is 5.11 Å². The fraction of sp³-hybridized carbons (Fsp3) is 0.200. The van der Waals surface area contributed by atoms with Crippen molar-refractivity contribution in [1.82, 2.24) is 0 Å². The maximum Gasteiger partial charge on any atom is 0.0830 e. The van der Waals surface area contributed by atoms with E-state index in [1.54, 1.807) is 0 Å². The van der Waals surface area contributed by atoms with Gasteiger partial charge < -0.3 is 5.11 Å². The van der Waals surface area contributed by atoms with Crippen molar-refractivity contribution in [2.75, 3.05) is 0 Å². The van der Waals surface area contributed by atoms with Crippen LogP contribution in [0.25, 0.3) is 0 Å². The summed E-state index contributed by atoms with van der Waals surface area (Å²) in [4.78, 5) is 0. The number of aliphatic hydroxyl groups is 1.